The molecule has 2 atom stereocenters. The molecule has 0 radical (unpaired) electrons. The highest BCUT2D eigenvalue weighted by Gasteiger charge is 2.42. The van der Waals surface area contributed by atoms with E-state index >= 15 is 0 Å². The van der Waals surface area contributed by atoms with Crippen molar-refractivity contribution in [2.24, 2.45) is 0 Å². The molecule has 0 saturated carbocycles. The van der Waals surface area contributed by atoms with Gasteiger partial charge in [0.2, 0.25) is 0 Å². The minimum Gasteiger partial charge on any atom is -0.398 e. The summed E-state index contributed by atoms with van der Waals surface area (Å²) >= 11 is 0. The van der Waals surface area contributed by atoms with E-state index < -0.39 is 0 Å². The van der Waals surface area contributed by atoms with E-state index in [0.717, 1.165) is 11.4 Å². The van der Waals surface area contributed by atoms with Crippen molar-refractivity contribution in [3.63, 3.8) is 0 Å². The number of hydrogen-bond donors (Lipinski definition) is 2. The number of rotatable bonds is 0. The van der Waals surface area contributed by atoms with Crippen molar-refractivity contribution in [1.82, 2.24) is 0 Å². The molecule has 2 bridgehead atoms. The molecule has 0 amide bonds. The molecule has 3 aliphatic rings. The molecule has 22 heavy (non-hydrogen) atoms. The van der Waals surface area contributed by atoms with E-state index in [1.807, 2.05) is 12.1 Å². The SMILES string of the molecule is Nc1cccc2c1[C@@H]1c3ccccc3[C@H]2c2c(N)cccc21. The summed E-state index contributed by atoms with van der Waals surface area (Å²) in [5.41, 5.74) is 22.4. The smallest absolute Gasteiger partial charge is 0.0370 e. The summed E-state index contributed by atoms with van der Waals surface area (Å²) in [5.74, 6) is 0.409. The molecule has 0 saturated heterocycles. The van der Waals surface area contributed by atoms with Crippen LogP contribution in [0.15, 0.2) is 60.7 Å². The maximum Gasteiger partial charge on any atom is 0.0370 e. The van der Waals surface area contributed by atoms with Crippen molar-refractivity contribution in [2.75, 3.05) is 11.5 Å². The summed E-state index contributed by atoms with van der Waals surface area (Å²) in [6.07, 6.45) is 0. The van der Waals surface area contributed by atoms with Gasteiger partial charge in [0.1, 0.15) is 0 Å². The van der Waals surface area contributed by atoms with Crippen molar-refractivity contribution in [1.29, 1.82) is 0 Å². The number of hydrogen-bond acceptors (Lipinski definition) is 2. The molecule has 6 rings (SSSR count). The van der Waals surface area contributed by atoms with Crippen molar-refractivity contribution in [2.45, 2.75) is 11.8 Å². The molecule has 2 nitrogen and oxygen atoms in total. The highest BCUT2D eigenvalue weighted by Crippen LogP contribution is 2.58. The lowest BCUT2D eigenvalue weighted by molar-refractivity contribution is 0.759. The first kappa shape index (κ1) is 11.9. The molecular formula is C20H16N2. The van der Waals surface area contributed by atoms with Gasteiger partial charge in [-0.2, -0.15) is 0 Å². The monoisotopic (exact) mass is 284 g/mol. The topological polar surface area (TPSA) is 52.0 Å². The number of nitrogen functional groups attached to an aromatic ring is 2. The highest BCUT2D eigenvalue weighted by molar-refractivity contribution is 5.76. The summed E-state index contributed by atoms with van der Waals surface area (Å²) in [6.45, 7) is 0. The Balaban J connectivity index is 1.96. The van der Waals surface area contributed by atoms with Gasteiger partial charge in [0, 0.05) is 23.2 Å². The van der Waals surface area contributed by atoms with E-state index in [1.165, 1.54) is 33.4 Å². The van der Waals surface area contributed by atoms with E-state index in [0.29, 0.717) is 0 Å². The van der Waals surface area contributed by atoms with E-state index in [9.17, 15) is 0 Å². The van der Waals surface area contributed by atoms with Crippen LogP contribution in [0, 0.1) is 0 Å². The zero-order valence-electron chi connectivity index (χ0n) is 12.1. The lowest BCUT2D eigenvalue weighted by Gasteiger charge is -2.43. The molecular weight excluding hydrogens is 268 g/mol. The zero-order chi connectivity index (χ0) is 14.8. The average molecular weight is 284 g/mol. The van der Waals surface area contributed by atoms with Gasteiger partial charge in [0.15, 0.2) is 0 Å². The Morgan fingerprint density at radius 3 is 1.36 bits per heavy atom. The summed E-state index contributed by atoms with van der Waals surface area (Å²) < 4.78 is 0. The molecule has 0 unspecified atom stereocenters. The predicted octanol–water partition coefficient (Wildman–Crippen LogP) is 3.84. The molecule has 3 aromatic rings. The first-order valence-corrected chi connectivity index (χ1v) is 7.62. The summed E-state index contributed by atoms with van der Waals surface area (Å²) in [6, 6.07) is 21.2. The molecule has 0 aromatic heterocycles. The maximum atomic E-state index is 6.35. The number of anilines is 2. The standard InChI is InChI=1S/C20H16N2/c21-15-9-4-8-14-18-12-6-2-1-5-11(12)17(19(14)15)13-7-3-10-16(22)20(13)18/h1-10,17-18H,21-22H2/t17-,18-/m1/s1. The quantitative estimate of drug-likeness (QED) is 0.424. The second-order valence-corrected chi connectivity index (χ2v) is 6.20. The molecule has 4 N–H and O–H groups in total. The Morgan fingerprint density at radius 2 is 0.909 bits per heavy atom. The van der Waals surface area contributed by atoms with Crippen LogP contribution in [0.5, 0.6) is 0 Å². The fourth-order valence-electron chi connectivity index (χ4n) is 4.37. The van der Waals surface area contributed by atoms with Crippen molar-refractivity contribution in [3.05, 3.63) is 94.0 Å². The number of nitrogens with two attached hydrogens (primary N) is 2. The fourth-order valence-corrected chi connectivity index (χ4v) is 4.37. The summed E-state index contributed by atoms with van der Waals surface area (Å²) in [7, 11) is 0. The second kappa shape index (κ2) is 3.92. The third-order valence-corrected chi connectivity index (χ3v) is 5.16. The molecule has 0 spiro atoms. The van der Waals surface area contributed by atoms with Crippen LogP contribution < -0.4 is 11.5 Å². The second-order valence-electron chi connectivity index (χ2n) is 6.20. The molecule has 0 aliphatic heterocycles. The van der Waals surface area contributed by atoms with Gasteiger partial charge < -0.3 is 11.5 Å². The summed E-state index contributed by atoms with van der Waals surface area (Å²) in [5, 5.41) is 0. The van der Waals surface area contributed by atoms with Gasteiger partial charge in [-0.05, 0) is 45.5 Å². The van der Waals surface area contributed by atoms with Crippen LogP contribution in [0.3, 0.4) is 0 Å². The average Bonchev–Trinajstić information content (AvgIpc) is 2.55. The molecule has 106 valence electrons. The normalized spacial score (nSPS) is 20.2. The van der Waals surface area contributed by atoms with Crippen LogP contribution in [0.2, 0.25) is 0 Å². The fraction of sp³-hybridized carbons (Fsp3) is 0.100. The van der Waals surface area contributed by atoms with Gasteiger partial charge in [-0.1, -0.05) is 48.5 Å². The van der Waals surface area contributed by atoms with Crippen LogP contribution in [0.25, 0.3) is 0 Å². The minimum atomic E-state index is 0.205. The van der Waals surface area contributed by atoms with Gasteiger partial charge in [-0.25, -0.2) is 0 Å². The van der Waals surface area contributed by atoms with E-state index in [2.05, 4.69) is 48.5 Å². The molecule has 3 aliphatic carbocycles. The van der Waals surface area contributed by atoms with Gasteiger partial charge in [-0.3, -0.25) is 0 Å². The van der Waals surface area contributed by atoms with Gasteiger partial charge in [-0.15, -0.1) is 0 Å². The third kappa shape index (κ3) is 1.26. The minimum absolute atomic E-state index is 0.205. The van der Waals surface area contributed by atoms with Crippen LogP contribution in [0.4, 0.5) is 11.4 Å². The van der Waals surface area contributed by atoms with Crippen LogP contribution in [0.1, 0.15) is 45.2 Å². The van der Waals surface area contributed by atoms with Gasteiger partial charge in [0.05, 0.1) is 0 Å². The van der Waals surface area contributed by atoms with Gasteiger partial charge in [0.25, 0.3) is 0 Å². The Labute approximate surface area is 129 Å². The lowest BCUT2D eigenvalue weighted by Crippen LogP contribution is -2.29. The summed E-state index contributed by atoms with van der Waals surface area (Å²) in [4.78, 5) is 0. The van der Waals surface area contributed by atoms with Crippen LogP contribution in [-0.2, 0) is 0 Å². The first-order chi connectivity index (χ1) is 10.8. The van der Waals surface area contributed by atoms with E-state index in [-0.39, 0.29) is 11.8 Å². The first-order valence-electron chi connectivity index (χ1n) is 7.62. The number of benzene rings is 3. The van der Waals surface area contributed by atoms with Crippen molar-refractivity contribution < 1.29 is 0 Å². The Bertz CT molecular complexity index is 850. The van der Waals surface area contributed by atoms with Crippen LogP contribution in [-0.4, -0.2) is 0 Å². The van der Waals surface area contributed by atoms with E-state index in [4.69, 9.17) is 11.5 Å². The molecule has 0 fully saturated rings. The van der Waals surface area contributed by atoms with Gasteiger partial charge >= 0.3 is 0 Å². The van der Waals surface area contributed by atoms with Crippen molar-refractivity contribution in [3.8, 4) is 0 Å². The Morgan fingerprint density at radius 1 is 0.500 bits per heavy atom. The lowest BCUT2D eigenvalue weighted by atomic mass is 9.60. The van der Waals surface area contributed by atoms with Crippen LogP contribution >= 0.6 is 0 Å². The highest BCUT2D eigenvalue weighted by atomic mass is 14.6. The predicted molar refractivity (Wildman–Crippen MR) is 90.0 cm³/mol. The maximum absolute atomic E-state index is 6.35. The molecule has 3 aromatic carbocycles. The van der Waals surface area contributed by atoms with E-state index in [1.54, 1.807) is 0 Å². The Kier molecular flexibility index (Phi) is 2.11. The van der Waals surface area contributed by atoms with Crippen molar-refractivity contribution >= 4 is 11.4 Å². The molecule has 0 heterocycles. The third-order valence-electron chi connectivity index (χ3n) is 5.16. The largest absolute Gasteiger partial charge is 0.398 e. The molecule has 2 heteroatoms. The Hall–Kier alpha value is -2.74. The zero-order valence-corrected chi connectivity index (χ0v) is 12.1.